The molecule has 0 spiro atoms. The summed E-state index contributed by atoms with van der Waals surface area (Å²) in [7, 11) is 2.60. The van der Waals surface area contributed by atoms with Crippen molar-refractivity contribution in [2.45, 2.75) is 6.18 Å². The Labute approximate surface area is 169 Å². The van der Waals surface area contributed by atoms with Crippen molar-refractivity contribution in [2.24, 2.45) is 0 Å². The SMILES string of the molecule is COc1ccc2c(C(=S)N(C)CC(=O)[O-])cccc2c1C(F)(F)F.[Na+]. The fourth-order valence-electron chi connectivity index (χ4n) is 2.46. The molecule has 0 unspecified atom stereocenters. The minimum Gasteiger partial charge on any atom is -0.548 e. The van der Waals surface area contributed by atoms with Crippen LogP contribution in [0.25, 0.3) is 10.8 Å². The molecule has 0 atom stereocenters. The summed E-state index contributed by atoms with van der Waals surface area (Å²) in [6.07, 6.45) is -4.61. The number of ether oxygens (including phenoxy) is 1. The molecule has 0 fully saturated rings. The number of alkyl halides is 3. The van der Waals surface area contributed by atoms with Crippen molar-refractivity contribution in [3.05, 3.63) is 41.5 Å². The Bertz CT molecular complexity index is 811. The number of likely N-dealkylation sites (N-methyl/N-ethyl adjacent to an activating group) is 1. The number of carboxylic acids is 1. The van der Waals surface area contributed by atoms with E-state index in [4.69, 9.17) is 17.0 Å². The number of carbonyl (C=O) groups excluding carboxylic acids is 1. The predicted octanol–water partition coefficient (Wildman–Crippen LogP) is -0.772. The van der Waals surface area contributed by atoms with Crippen LogP contribution in [-0.2, 0) is 11.0 Å². The molecule has 0 bridgehead atoms. The largest absolute Gasteiger partial charge is 1.00 e. The Morgan fingerprint density at radius 1 is 1.24 bits per heavy atom. The first-order valence-corrected chi connectivity index (χ1v) is 7.20. The number of hydrogen-bond acceptors (Lipinski definition) is 4. The zero-order valence-corrected chi connectivity index (χ0v) is 16.6. The number of carboxylic acid groups (broad SMARTS) is 1. The number of nitrogens with zero attached hydrogens (tertiary/aromatic N) is 1. The summed E-state index contributed by atoms with van der Waals surface area (Å²) >= 11 is 5.21. The Kier molecular flexibility index (Phi) is 7.25. The van der Waals surface area contributed by atoms with E-state index in [2.05, 4.69) is 0 Å². The molecular formula is C16H13F3NNaO3S. The Morgan fingerprint density at radius 3 is 2.40 bits per heavy atom. The van der Waals surface area contributed by atoms with Gasteiger partial charge in [-0.05, 0) is 22.9 Å². The minimum absolute atomic E-state index is 0. The van der Waals surface area contributed by atoms with Gasteiger partial charge < -0.3 is 19.5 Å². The molecule has 2 aromatic rings. The molecule has 0 aromatic heterocycles. The summed E-state index contributed by atoms with van der Waals surface area (Å²) < 4.78 is 45.1. The van der Waals surface area contributed by atoms with Crippen molar-refractivity contribution in [1.82, 2.24) is 4.90 Å². The molecule has 25 heavy (non-hydrogen) atoms. The van der Waals surface area contributed by atoms with Crippen LogP contribution in [0, 0.1) is 0 Å². The van der Waals surface area contributed by atoms with Crippen molar-refractivity contribution in [3.63, 3.8) is 0 Å². The second-order valence-electron chi connectivity index (χ2n) is 5.07. The maximum atomic E-state index is 13.4. The maximum Gasteiger partial charge on any atom is 1.00 e. The predicted molar refractivity (Wildman–Crippen MR) is 84.8 cm³/mol. The van der Waals surface area contributed by atoms with E-state index in [0.29, 0.717) is 5.56 Å². The van der Waals surface area contributed by atoms with Crippen molar-refractivity contribution in [3.8, 4) is 5.75 Å². The second kappa shape index (κ2) is 8.35. The zero-order chi connectivity index (χ0) is 18.1. The number of benzene rings is 2. The summed E-state index contributed by atoms with van der Waals surface area (Å²) in [6, 6.07) is 6.99. The molecule has 0 N–H and O–H groups in total. The molecule has 2 rings (SSSR count). The van der Waals surface area contributed by atoms with E-state index >= 15 is 0 Å². The van der Waals surface area contributed by atoms with Crippen LogP contribution >= 0.6 is 12.2 Å². The Morgan fingerprint density at radius 2 is 1.88 bits per heavy atom. The summed E-state index contributed by atoms with van der Waals surface area (Å²) in [5.74, 6) is -1.63. The number of methoxy groups -OCH3 is 1. The molecule has 0 radical (unpaired) electrons. The first-order valence-electron chi connectivity index (χ1n) is 6.79. The normalized spacial score (nSPS) is 10.9. The molecule has 0 aliphatic rings. The van der Waals surface area contributed by atoms with Crippen molar-refractivity contribution in [2.75, 3.05) is 20.7 Å². The van der Waals surface area contributed by atoms with Gasteiger partial charge in [0.05, 0.1) is 19.6 Å². The van der Waals surface area contributed by atoms with Gasteiger partial charge in [-0.1, -0.05) is 30.4 Å². The third-order valence-electron chi connectivity index (χ3n) is 3.47. The number of fused-ring (bicyclic) bond motifs is 1. The smallest absolute Gasteiger partial charge is 0.548 e. The molecule has 128 valence electrons. The molecule has 0 aliphatic heterocycles. The summed E-state index contributed by atoms with van der Waals surface area (Å²) in [5, 5.41) is 10.9. The molecular weight excluding hydrogens is 366 g/mol. The molecule has 4 nitrogen and oxygen atoms in total. The third kappa shape index (κ3) is 4.63. The van der Waals surface area contributed by atoms with Gasteiger partial charge in [-0.3, -0.25) is 0 Å². The van der Waals surface area contributed by atoms with E-state index in [1.54, 1.807) is 6.07 Å². The van der Waals surface area contributed by atoms with Gasteiger partial charge in [0.1, 0.15) is 16.3 Å². The first kappa shape index (κ1) is 21.7. The van der Waals surface area contributed by atoms with E-state index in [1.165, 1.54) is 43.3 Å². The van der Waals surface area contributed by atoms with Gasteiger partial charge in [-0.25, -0.2) is 0 Å². The first-order chi connectivity index (χ1) is 11.2. The van der Waals surface area contributed by atoms with E-state index in [9.17, 15) is 23.1 Å². The summed E-state index contributed by atoms with van der Waals surface area (Å²) in [5.41, 5.74) is -0.561. The monoisotopic (exact) mass is 379 g/mol. The Balaban J connectivity index is 0.00000312. The number of hydrogen-bond donors (Lipinski definition) is 0. The van der Waals surface area contributed by atoms with Crippen molar-refractivity contribution < 1.29 is 57.4 Å². The van der Waals surface area contributed by atoms with Gasteiger partial charge in [-0.15, -0.1) is 0 Å². The van der Waals surface area contributed by atoms with Crippen molar-refractivity contribution >= 4 is 33.9 Å². The van der Waals surface area contributed by atoms with Gasteiger partial charge in [0.25, 0.3) is 0 Å². The second-order valence-corrected chi connectivity index (χ2v) is 5.46. The molecule has 2 aromatic carbocycles. The minimum atomic E-state index is -4.61. The maximum absolute atomic E-state index is 13.4. The zero-order valence-electron chi connectivity index (χ0n) is 13.8. The molecule has 0 saturated carbocycles. The molecule has 0 amide bonds. The summed E-state index contributed by atoms with van der Waals surface area (Å²) in [6.45, 7) is -0.461. The average Bonchev–Trinajstić information content (AvgIpc) is 2.50. The van der Waals surface area contributed by atoms with E-state index in [0.717, 1.165) is 0 Å². The molecule has 0 saturated heterocycles. The third-order valence-corrected chi connectivity index (χ3v) is 4.00. The number of halogens is 3. The summed E-state index contributed by atoms with van der Waals surface area (Å²) in [4.78, 5) is 12.0. The van der Waals surface area contributed by atoms with Crippen LogP contribution in [0.4, 0.5) is 13.2 Å². The standard InChI is InChI=1S/C16H14F3NO3S.Na/c1-20(8-13(21)22)15(24)11-5-3-4-10-9(11)6-7-12(23-2)14(10)16(17,18)19;/h3-7H,8H2,1-2H3,(H,21,22);/q;+1/p-1. The molecule has 9 heteroatoms. The van der Waals surface area contributed by atoms with Crippen LogP contribution < -0.4 is 39.4 Å². The van der Waals surface area contributed by atoms with Crippen LogP contribution in [0.15, 0.2) is 30.3 Å². The van der Waals surface area contributed by atoms with Crippen LogP contribution in [-0.4, -0.2) is 36.6 Å². The number of aliphatic carboxylic acids is 1. The fraction of sp³-hybridized carbons (Fsp3) is 0.250. The number of thiocarbonyl (C=S) groups is 1. The van der Waals surface area contributed by atoms with E-state index < -0.39 is 24.3 Å². The van der Waals surface area contributed by atoms with E-state index in [1.807, 2.05) is 0 Å². The number of carbonyl (C=O) groups is 1. The fourth-order valence-corrected chi connectivity index (χ4v) is 2.70. The van der Waals surface area contributed by atoms with E-state index in [-0.39, 0.29) is 51.1 Å². The van der Waals surface area contributed by atoms with Gasteiger partial charge in [-0.2, -0.15) is 13.2 Å². The van der Waals surface area contributed by atoms with Gasteiger partial charge in [0, 0.05) is 12.6 Å². The molecule has 0 heterocycles. The van der Waals surface area contributed by atoms with Crippen molar-refractivity contribution in [1.29, 1.82) is 0 Å². The van der Waals surface area contributed by atoms with Gasteiger partial charge in [0.15, 0.2) is 0 Å². The van der Waals surface area contributed by atoms with Crippen LogP contribution in [0.2, 0.25) is 0 Å². The molecule has 0 aliphatic carbocycles. The quantitative estimate of drug-likeness (QED) is 0.516. The van der Waals surface area contributed by atoms with Crippen LogP contribution in [0.3, 0.4) is 0 Å². The van der Waals surface area contributed by atoms with Gasteiger partial charge in [0.2, 0.25) is 0 Å². The van der Waals surface area contributed by atoms with Crippen LogP contribution in [0.1, 0.15) is 11.1 Å². The average molecular weight is 379 g/mol. The topological polar surface area (TPSA) is 52.6 Å². The number of rotatable bonds is 4. The van der Waals surface area contributed by atoms with Crippen LogP contribution in [0.5, 0.6) is 5.75 Å². The van der Waals surface area contributed by atoms with Gasteiger partial charge >= 0.3 is 35.7 Å². The Hall–Kier alpha value is -1.35.